The second-order valence-corrected chi connectivity index (χ2v) is 5.76. The molecular weight excluding hydrogens is 351 g/mol. The molecule has 0 radical (unpaired) electrons. The Morgan fingerprint density at radius 3 is 2.52 bits per heavy atom. The van der Waals surface area contributed by atoms with Crippen molar-refractivity contribution in [3.8, 4) is 0 Å². The third kappa shape index (κ3) is 4.28. The SMILES string of the molecule is FC(F)(F)c1cc(Cl)ccc1/N=C(/Cc1ccccc1)n1ccnc1. The Hall–Kier alpha value is -2.60. The van der Waals surface area contributed by atoms with Crippen LogP contribution in [0.3, 0.4) is 0 Å². The normalized spacial score (nSPS) is 12.4. The number of benzene rings is 2. The summed E-state index contributed by atoms with van der Waals surface area (Å²) < 4.78 is 41.5. The van der Waals surface area contributed by atoms with Gasteiger partial charge in [-0.05, 0) is 23.8 Å². The summed E-state index contributed by atoms with van der Waals surface area (Å²) in [4.78, 5) is 8.22. The van der Waals surface area contributed by atoms with E-state index < -0.39 is 11.7 Å². The number of imidazole rings is 1. The molecule has 0 bridgehead atoms. The molecule has 0 aliphatic rings. The molecule has 128 valence electrons. The smallest absolute Gasteiger partial charge is 0.294 e. The van der Waals surface area contributed by atoms with E-state index >= 15 is 0 Å². The zero-order chi connectivity index (χ0) is 17.9. The summed E-state index contributed by atoms with van der Waals surface area (Å²) in [5, 5.41) is 0.0125. The Morgan fingerprint density at radius 1 is 1.12 bits per heavy atom. The third-order valence-electron chi connectivity index (χ3n) is 3.52. The van der Waals surface area contributed by atoms with Gasteiger partial charge in [0.05, 0.1) is 11.3 Å². The molecule has 0 fully saturated rings. The number of aromatic nitrogens is 2. The molecule has 2 aromatic carbocycles. The van der Waals surface area contributed by atoms with Crippen molar-refractivity contribution in [2.45, 2.75) is 12.6 Å². The van der Waals surface area contributed by atoms with Crippen LogP contribution in [0.25, 0.3) is 0 Å². The minimum atomic E-state index is -4.55. The number of nitrogens with zero attached hydrogens (tertiary/aromatic N) is 3. The van der Waals surface area contributed by atoms with Crippen molar-refractivity contribution in [3.05, 3.63) is 83.4 Å². The highest BCUT2D eigenvalue weighted by Gasteiger charge is 2.34. The Bertz CT molecular complexity index is 872. The van der Waals surface area contributed by atoms with Gasteiger partial charge in [-0.15, -0.1) is 0 Å². The van der Waals surface area contributed by atoms with Crippen LogP contribution in [-0.2, 0) is 12.6 Å². The van der Waals surface area contributed by atoms with Gasteiger partial charge in [-0.25, -0.2) is 9.98 Å². The molecule has 0 aliphatic carbocycles. The summed E-state index contributed by atoms with van der Waals surface area (Å²) in [6.07, 6.45) is 0.511. The molecule has 3 nitrogen and oxygen atoms in total. The van der Waals surface area contributed by atoms with Crippen molar-refractivity contribution >= 4 is 23.1 Å². The van der Waals surface area contributed by atoms with Gasteiger partial charge >= 0.3 is 6.18 Å². The number of halogens is 4. The zero-order valence-electron chi connectivity index (χ0n) is 12.9. The van der Waals surface area contributed by atoms with E-state index in [9.17, 15) is 13.2 Å². The van der Waals surface area contributed by atoms with Crippen LogP contribution >= 0.6 is 11.6 Å². The minimum absolute atomic E-state index is 0.0125. The first-order chi connectivity index (χ1) is 11.9. The van der Waals surface area contributed by atoms with Crippen LogP contribution < -0.4 is 0 Å². The molecule has 0 amide bonds. The van der Waals surface area contributed by atoms with Gasteiger partial charge in [0.25, 0.3) is 0 Å². The quantitative estimate of drug-likeness (QED) is 0.454. The van der Waals surface area contributed by atoms with Gasteiger partial charge in [-0.3, -0.25) is 4.57 Å². The lowest BCUT2D eigenvalue weighted by Gasteiger charge is -2.13. The molecule has 0 spiro atoms. The van der Waals surface area contributed by atoms with Gasteiger partial charge in [-0.2, -0.15) is 13.2 Å². The van der Waals surface area contributed by atoms with E-state index in [1.807, 2.05) is 30.3 Å². The van der Waals surface area contributed by atoms with E-state index in [1.54, 1.807) is 17.0 Å². The van der Waals surface area contributed by atoms with Crippen molar-refractivity contribution in [3.63, 3.8) is 0 Å². The van der Waals surface area contributed by atoms with Gasteiger partial charge in [0.2, 0.25) is 0 Å². The predicted octanol–water partition coefficient (Wildman–Crippen LogP) is 5.38. The first-order valence-corrected chi connectivity index (χ1v) is 7.78. The Morgan fingerprint density at radius 2 is 1.88 bits per heavy atom. The highest BCUT2D eigenvalue weighted by atomic mass is 35.5. The average Bonchev–Trinajstić information content (AvgIpc) is 3.10. The number of rotatable bonds is 3. The van der Waals surface area contributed by atoms with Crippen LogP contribution in [0.1, 0.15) is 11.1 Å². The van der Waals surface area contributed by atoms with Gasteiger partial charge in [-0.1, -0.05) is 41.9 Å². The van der Waals surface area contributed by atoms with E-state index in [2.05, 4.69) is 9.98 Å². The van der Waals surface area contributed by atoms with E-state index in [4.69, 9.17) is 11.6 Å². The molecule has 0 N–H and O–H groups in total. The Labute approximate surface area is 147 Å². The maximum atomic E-state index is 13.3. The Kier molecular flexibility index (Phi) is 4.90. The van der Waals surface area contributed by atoms with Gasteiger partial charge in [0.15, 0.2) is 0 Å². The summed E-state index contributed by atoms with van der Waals surface area (Å²) in [7, 11) is 0. The largest absolute Gasteiger partial charge is 0.418 e. The molecule has 0 saturated carbocycles. The van der Waals surface area contributed by atoms with Gasteiger partial charge in [0.1, 0.15) is 12.2 Å². The second-order valence-electron chi connectivity index (χ2n) is 5.32. The number of hydrogen-bond acceptors (Lipinski definition) is 2. The van der Waals surface area contributed by atoms with E-state index in [0.29, 0.717) is 12.3 Å². The summed E-state index contributed by atoms with van der Waals surface area (Å²) >= 11 is 5.73. The van der Waals surface area contributed by atoms with E-state index in [-0.39, 0.29) is 10.7 Å². The van der Waals surface area contributed by atoms with Crippen molar-refractivity contribution in [2.24, 2.45) is 4.99 Å². The standard InChI is InChI=1S/C18H13ClF3N3/c19-14-6-7-16(15(11-14)18(20,21)22)24-17(25-9-8-23-12-25)10-13-4-2-1-3-5-13/h1-9,11-12H,10H2/b24-17-. The monoisotopic (exact) mass is 363 g/mol. The molecule has 0 atom stereocenters. The molecule has 3 aromatic rings. The highest BCUT2D eigenvalue weighted by Crippen LogP contribution is 2.38. The van der Waals surface area contributed by atoms with Crippen LogP contribution in [0.4, 0.5) is 18.9 Å². The lowest BCUT2D eigenvalue weighted by atomic mass is 10.1. The predicted molar refractivity (Wildman–Crippen MR) is 91.3 cm³/mol. The van der Waals surface area contributed by atoms with E-state index in [0.717, 1.165) is 11.6 Å². The van der Waals surface area contributed by atoms with Crippen molar-refractivity contribution < 1.29 is 13.2 Å². The van der Waals surface area contributed by atoms with Crippen LogP contribution in [-0.4, -0.2) is 15.4 Å². The molecule has 25 heavy (non-hydrogen) atoms. The first kappa shape index (κ1) is 17.2. The summed E-state index contributed by atoms with van der Waals surface area (Å²) in [6.45, 7) is 0. The fourth-order valence-electron chi connectivity index (χ4n) is 2.35. The fraction of sp³-hybridized carbons (Fsp3) is 0.111. The molecule has 3 rings (SSSR count). The maximum Gasteiger partial charge on any atom is 0.418 e. The molecular formula is C18H13ClF3N3. The Balaban J connectivity index is 2.08. The number of alkyl halides is 3. The zero-order valence-corrected chi connectivity index (χ0v) is 13.7. The average molecular weight is 364 g/mol. The van der Waals surface area contributed by atoms with Gasteiger partial charge in [0, 0.05) is 23.8 Å². The summed E-state index contributed by atoms with van der Waals surface area (Å²) in [6, 6.07) is 12.9. The molecule has 7 heteroatoms. The van der Waals surface area contributed by atoms with Crippen LogP contribution in [0.15, 0.2) is 72.2 Å². The first-order valence-electron chi connectivity index (χ1n) is 7.40. The number of hydrogen-bond donors (Lipinski definition) is 0. The van der Waals surface area contributed by atoms with Crippen molar-refractivity contribution in [1.29, 1.82) is 0 Å². The molecule has 0 saturated heterocycles. The van der Waals surface area contributed by atoms with Crippen molar-refractivity contribution in [1.82, 2.24) is 9.55 Å². The maximum absolute atomic E-state index is 13.3. The molecule has 0 unspecified atom stereocenters. The fourth-order valence-corrected chi connectivity index (χ4v) is 2.52. The van der Waals surface area contributed by atoms with Gasteiger partial charge < -0.3 is 0 Å². The summed E-state index contributed by atoms with van der Waals surface area (Å²) in [5.41, 5.74) is -0.125. The van der Waals surface area contributed by atoms with Crippen molar-refractivity contribution in [2.75, 3.05) is 0 Å². The second kappa shape index (κ2) is 7.11. The molecule has 0 aliphatic heterocycles. The van der Waals surface area contributed by atoms with Crippen LogP contribution in [0.2, 0.25) is 5.02 Å². The molecule has 1 aromatic heterocycles. The number of aliphatic imine (C=N–C) groups is 1. The minimum Gasteiger partial charge on any atom is -0.294 e. The highest BCUT2D eigenvalue weighted by molar-refractivity contribution is 6.30. The summed E-state index contributed by atoms with van der Waals surface area (Å²) in [5.74, 6) is 0.427. The lowest BCUT2D eigenvalue weighted by Crippen LogP contribution is -2.14. The lowest BCUT2D eigenvalue weighted by molar-refractivity contribution is -0.137. The topological polar surface area (TPSA) is 30.2 Å². The van der Waals surface area contributed by atoms with Crippen LogP contribution in [0.5, 0.6) is 0 Å². The third-order valence-corrected chi connectivity index (χ3v) is 3.76. The van der Waals surface area contributed by atoms with E-state index in [1.165, 1.54) is 18.5 Å². The molecule has 1 heterocycles. The van der Waals surface area contributed by atoms with Crippen LogP contribution in [0, 0.1) is 0 Å².